The van der Waals surface area contributed by atoms with Crippen LogP contribution >= 0.6 is 11.8 Å². The van der Waals surface area contributed by atoms with Crippen molar-refractivity contribution >= 4 is 23.5 Å². The minimum absolute atomic E-state index is 0.307. The molecular weight excluding hydrogens is 272 g/mol. The molecule has 0 amide bonds. The molecule has 1 heterocycles. The number of aromatic carboxylic acids is 1. The second kappa shape index (κ2) is 6.48. The van der Waals surface area contributed by atoms with Crippen molar-refractivity contribution in [3.8, 4) is 0 Å². The first-order valence-electron chi connectivity index (χ1n) is 7.03. The number of hydrogen-bond donors (Lipinski definition) is 2. The average Bonchev–Trinajstić information content (AvgIpc) is 2.38. The molecule has 1 saturated carbocycles. The van der Waals surface area contributed by atoms with Crippen LogP contribution in [0.25, 0.3) is 0 Å². The third-order valence-corrected chi connectivity index (χ3v) is 5.06. The van der Waals surface area contributed by atoms with E-state index in [1.54, 1.807) is 0 Å². The highest BCUT2D eigenvalue weighted by atomic mass is 32.2. The Balaban J connectivity index is 2.30. The van der Waals surface area contributed by atoms with Gasteiger partial charge in [-0.15, -0.1) is 0 Å². The van der Waals surface area contributed by atoms with Crippen LogP contribution in [0.1, 0.15) is 47.3 Å². The van der Waals surface area contributed by atoms with E-state index in [1.165, 1.54) is 19.3 Å². The first-order chi connectivity index (χ1) is 9.52. The largest absolute Gasteiger partial charge is 0.478 e. The highest BCUT2D eigenvalue weighted by molar-refractivity contribution is 7.99. The lowest BCUT2D eigenvalue weighted by molar-refractivity contribution is 0.0696. The minimum Gasteiger partial charge on any atom is -0.478 e. The maximum atomic E-state index is 11.5. The predicted molar refractivity (Wildman–Crippen MR) is 83.9 cm³/mol. The molecule has 2 atom stereocenters. The van der Waals surface area contributed by atoms with Gasteiger partial charge in [0.2, 0.25) is 0 Å². The van der Waals surface area contributed by atoms with Gasteiger partial charge in [0.25, 0.3) is 0 Å². The highest BCUT2D eigenvalue weighted by Gasteiger charge is 2.26. The average molecular weight is 294 g/mol. The fourth-order valence-corrected chi connectivity index (χ4v) is 3.87. The van der Waals surface area contributed by atoms with Gasteiger partial charge in [-0.3, -0.25) is 0 Å². The van der Waals surface area contributed by atoms with E-state index in [0.29, 0.717) is 22.7 Å². The van der Waals surface area contributed by atoms with Crippen LogP contribution in [0.2, 0.25) is 0 Å². The Morgan fingerprint density at radius 1 is 1.40 bits per heavy atom. The lowest BCUT2D eigenvalue weighted by Crippen LogP contribution is -2.35. The number of carbonyl (C=O) groups is 1. The van der Waals surface area contributed by atoms with Crippen LogP contribution < -0.4 is 5.32 Å². The summed E-state index contributed by atoms with van der Waals surface area (Å²) < 4.78 is 0. The van der Waals surface area contributed by atoms with Crippen molar-refractivity contribution < 1.29 is 9.90 Å². The number of nitrogens with one attached hydrogen (secondary N) is 1. The van der Waals surface area contributed by atoms with E-state index in [4.69, 9.17) is 0 Å². The Labute approximate surface area is 124 Å². The van der Waals surface area contributed by atoms with Crippen LogP contribution in [0, 0.1) is 13.8 Å². The van der Waals surface area contributed by atoms with E-state index in [9.17, 15) is 9.90 Å². The maximum Gasteiger partial charge on any atom is 0.339 e. The number of hydrogen-bond acceptors (Lipinski definition) is 4. The van der Waals surface area contributed by atoms with E-state index in [2.05, 4.69) is 16.6 Å². The first kappa shape index (κ1) is 15.2. The zero-order valence-corrected chi connectivity index (χ0v) is 13.1. The van der Waals surface area contributed by atoms with Crippen LogP contribution in [0.3, 0.4) is 0 Å². The lowest BCUT2D eigenvalue weighted by atomic mass is 9.94. The van der Waals surface area contributed by atoms with E-state index in [1.807, 2.05) is 31.7 Å². The molecule has 0 aliphatic heterocycles. The normalized spacial score (nSPS) is 22.6. The van der Waals surface area contributed by atoms with Gasteiger partial charge in [0.05, 0.1) is 0 Å². The zero-order chi connectivity index (χ0) is 14.7. The quantitative estimate of drug-likeness (QED) is 0.890. The minimum atomic E-state index is -0.908. The Kier molecular flexibility index (Phi) is 4.91. The number of aryl methyl sites for hydroxylation is 2. The van der Waals surface area contributed by atoms with E-state index in [0.717, 1.165) is 17.7 Å². The number of carboxylic acids is 1. The lowest BCUT2D eigenvalue weighted by Gasteiger charge is -2.31. The molecule has 2 unspecified atom stereocenters. The molecule has 1 aliphatic carbocycles. The molecule has 1 fully saturated rings. The standard InChI is InChI=1S/C15H22N2O2S/c1-9-8-10(2)16-14(13(9)15(18)19)17-11-6-4-5-7-12(11)20-3/h8,11-12H,4-7H2,1-3H3,(H,16,17)(H,18,19). The fraction of sp³-hybridized carbons (Fsp3) is 0.600. The molecule has 1 aromatic rings. The second-order valence-corrected chi connectivity index (χ2v) is 6.50. The second-order valence-electron chi connectivity index (χ2n) is 5.42. The van der Waals surface area contributed by atoms with Gasteiger partial charge in [-0.1, -0.05) is 12.8 Å². The molecule has 4 nitrogen and oxygen atoms in total. The van der Waals surface area contributed by atoms with Crippen molar-refractivity contribution in [1.29, 1.82) is 0 Å². The third kappa shape index (κ3) is 3.26. The summed E-state index contributed by atoms with van der Waals surface area (Å²) in [6.07, 6.45) is 6.85. The van der Waals surface area contributed by atoms with Crippen LogP contribution in [-0.2, 0) is 0 Å². The molecule has 2 N–H and O–H groups in total. The molecule has 0 aromatic carbocycles. The number of anilines is 1. The molecule has 2 rings (SSSR count). The van der Waals surface area contributed by atoms with Gasteiger partial charge in [0, 0.05) is 17.0 Å². The number of aromatic nitrogens is 1. The summed E-state index contributed by atoms with van der Waals surface area (Å²) in [4.78, 5) is 15.9. The molecule has 5 heteroatoms. The molecule has 0 bridgehead atoms. The van der Waals surface area contributed by atoms with E-state index < -0.39 is 5.97 Å². The van der Waals surface area contributed by atoms with Crippen molar-refractivity contribution in [2.75, 3.05) is 11.6 Å². The van der Waals surface area contributed by atoms with Crippen molar-refractivity contribution in [3.05, 3.63) is 22.9 Å². The number of nitrogens with zero attached hydrogens (tertiary/aromatic N) is 1. The van der Waals surface area contributed by atoms with Crippen molar-refractivity contribution in [2.24, 2.45) is 0 Å². The van der Waals surface area contributed by atoms with Gasteiger partial charge in [0.1, 0.15) is 11.4 Å². The highest BCUT2D eigenvalue weighted by Crippen LogP contribution is 2.30. The fourth-order valence-electron chi connectivity index (χ4n) is 2.93. The Morgan fingerprint density at radius 3 is 2.75 bits per heavy atom. The van der Waals surface area contributed by atoms with Gasteiger partial charge >= 0.3 is 5.97 Å². The van der Waals surface area contributed by atoms with Gasteiger partial charge in [-0.05, 0) is 44.6 Å². The molecule has 1 aliphatic rings. The number of rotatable bonds is 4. The summed E-state index contributed by atoms with van der Waals surface area (Å²) in [6.45, 7) is 3.73. The SMILES string of the molecule is CSC1CCCCC1Nc1nc(C)cc(C)c1C(=O)O. The predicted octanol–water partition coefficient (Wildman–Crippen LogP) is 3.48. The third-order valence-electron chi connectivity index (χ3n) is 3.89. The van der Waals surface area contributed by atoms with Gasteiger partial charge in [0.15, 0.2) is 0 Å². The molecule has 20 heavy (non-hydrogen) atoms. The maximum absolute atomic E-state index is 11.5. The zero-order valence-electron chi connectivity index (χ0n) is 12.3. The number of carboxylic acid groups (broad SMARTS) is 1. The van der Waals surface area contributed by atoms with Crippen LogP contribution in [-0.4, -0.2) is 33.6 Å². The summed E-state index contributed by atoms with van der Waals surface area (Å²) in [6, 6.07) is 2.13. The Bertz CT molecular complexity index is 505. The van der Waals surface area contributed by atoms with Crippen LogP contribution in [0.5, 0.6) is 0 Å². The molecule has 110 valence electrons. The summed E-state index contributed by atoms with van der Waals surface area (Å²) in [5, 5.41) is 13.3. The van der Waals surface area contributed by atoms with Gasteiger partial charge < -0.3 is 10.4 Å². The van der Waals surface area contributed by atoms with E-state index in [-0.39, 0.29) is 0 Å². The summed E-state index contributed by atoms with van der Waals surface area (Å²) in [5.41, 5.74) is 1.93. The van der Waals surface area contributed by atoms with E-state index >= 15 is 0 Å². The smallest absolute Gasteiger partial charge is 0.339 e. The molecule has 0 saturated heterocycles. The van der Waals surface area contributed by atoms with Crippen molar-refractivity contribution in [1.82, 2.24) is 4.98 Å². The Hall–Kier alpha value is -1.23. The molecule has 0 radical (unpaired) electrons. The monoisotopic (exact) mass is 294 g/mol. The number of thioether (sulfide) groups is 1. The summed E-state index contributed by atoms with van der Waals surface area (Å²) >= 11 is 1.86. The number of pyridine rings is 1. The first-order valence-corrected chi connectivity index (χ1v) is 8.32. The molecular formula is C15H22N2O2S. The van der Waals surface area contributed by atoms with Crippen LogP contribution in [0.15, 0.2) is 6.07 Å². The van der Waals surface area contributed by atoms with Crippen molar-refractivity contribution in [2.45, 2.75) is 50.8 Å². The molecule has 0 spiro atoms. The topological polar surface area (TPSA) is 62.2 Å². The van der Waals surface area contributed by atoms with Gasteiger partial charge in [-0.25, -0.2) is 9.78 Å². The van der Waals surface area contributed by atoms with Gasteiger partial charge in [-0.2, -0.15) is 11.8 Å². The van der Waals surface area contributed by atoms with Crippen molar-refractivity contribution in [3.63, 3.8) is 0 Å². The Morgan fingerprint density at radius 2 is 2.10 bits per heavy atom. The van der Waals surface area contributed by atoms with Crippen LogP contribution in [0.4, 0.5) is 5.82 Å². The summed E-state index contributed by atoms with van der Waals surface area (Å²) in [7, 11) is 0. The summed E-state index contributed by atoms with van der Waals surface area (Å²) in [5.74, 6) is -0.380. The molecule has 1 aromatic heterocycles.